The lowest BCUT2D eigenvalue weighted by atomic mass is 10.0. The smallest absolute Gasteiger partial charge is 0.243 e. The number of nitrogens with one attached hydrogen (secondary N) is 1. The Labute approximate surface area is 197 Å². The van der Waals surface area contributed by atoms with Crippen LogP contribution in [-0.4, -0.2) is 61.9 Å². The number of nitrogens with zero attached hydrogens (tertiary/aromatic N) is 2. The van der Waals surface area contributed by atoms with E-state index in [1.807, 2.05) is 60.7 Å². The first-order valence-electron chi connectivity index (χ1n) is 11.3. The number of unbranched alkanes of at least 4 members (excludes halogenated alkanes) is 2. The quantitative estimate of drug-likeness (QED) is 0.453. The molecule has 7 nitrogen and oxygen atoms in total. The van der Waals surface area contributed by atoms with E-state index >= 15 is 0 Å². The van der Waals surface area contributed by atoms with Crippen molar-refractivity contribution < 1.29 is 18.0 Å². The minimum atomic E-state index is -3.54. The van der Waals surface area contributed by atoms with Gasteiger partial charge in [0.15, 0.2) is 0 Å². The maximum atomic E-state index is 13.4. The van der Waals surface area contributed by atoms with E-state index < -0.39 is 22.0 Å². The van der Waals surface area contributed by atoms with Gasteiger partial charge in [0.1, 0.15) is 6.04 Å². The third-order valence-electron chi connectivity index (χ3n) is 5.47. The van der Waals surface area contributed by atoms with Crippen LogP contribution in [-0.2, 0) is 32.6 Å². The molecule has 0 spiro atoms. The molecule has 33 heavy (non-hydrogen) atoms. The monoisotopic (exact) mass is 473 g/mol. The third kappa shape index (κ3) is 8.98. The Balaban J connectivity index is 2.36. The highest BCUT2D eigenvalue weighted by Gasteiger charge is 2.31. The first-order valence-corrected chi connectivity index (χ1v) is 13.1. The number of hydrogen-bond donors (Lipinski definition) is 1. The van der Waals surface area contributed by atoms with Crippen LogP contribution in [0.2, 0.25) is 0 Å². The summed E-state index contributed by atoms with van der Waals surface area (Å²) in [5.41, 5.74) is 1.79. The Bertz CT molecular complexity index is 981. The Hall–Kier alpha value is -2.71. The molecule has 2 rings (SSSR count). The minimum Gasteiger partial charge on any atom is -0.354 e. The number of amides is 2. The topological polar surface area (TPSA) is 86.8 Å². The summed E-state index contributed by atoms with van der Waals surface area (Å²) in [6.07, 6.45) is 4.31. The molecule has 1 atom stereocenters. The number of sulfonamides is 1. The number of carbonyl (C=O) groups is 2. The molecular weight excluding hydrogens is 438 g/mol. The standard InChI is InChI=1S/C25H35N3O4S/c1-4-5-12-17-26-25(30)23(18-21-13-8-6-9-14-21)28(19-22-15-10-7-11-16-22)24(29)20-27(2)33(3,31)32/h6-11,13-16,23H,4-5,12,17-20H2,1-3H3,(H,26,30). The van der Waals surface area contributed by atoms with Gasteiger partial charge in [-0.1, -0.05) is 80.4 Å². The molecule has 0 bridgehead atoms. The fraction of sp³-hybridized carbons (Fsp3) is 0.440. The van der Waals surface area contributed by atoms with E-state index in [1.54, 1.807) is 0 Å². The molecule has 0 saturated carbocycles. The van der Waals surface area contributed by atoms with Gasteiger partial charge in [0.2, 0.25) is 21.8 Å². The van der Waals surface area contributed by atoms with Crippen molar-refractivity contribution >= 4 is 21.8 Å². The second-order valence-electron chi connectivity index (χ2n) is 8.23. The molecule has 0 heterocycles. The van der Waals surface area contributed by atoms with Crippen molar-refractivity contribution in [3.63, 3.8) is 0 Å². The van der Waals surface area contributed by atoms with E-state index in [4.69, 9.17) is 0 Å². The Morgan fingerprint density at radius 3 is 2.06 bits per heavy atom. The van der Waals surface area contributed by atoms with Gasteiger partial charge in [-0.2, -0.15) is 4.31 Å². The van der Waals surface area contributed by atoms with E-state index in [1.165, 1.54) is 11.9 Å². The van der Waals surface area contributed by atoms with Gasteiger partial charge in [0.05, 0.1) is 12.8 Å². The van der Waals surface area contributed by atoms with Crippen molar-refractivity contribution in [1.82, 2.24) is 14.5 Å². The molecule has 2 amide bonds. The molecular formula is C25H35N3O4S. The summed E-state index contributed by atoms with van der Waals surface area (Å²) in [5.74, 6) is -0.655. The number of rotatable bonds is 13. The third-order valence-corrected chi connectivity index (χ3v) is 6.73. The molecule has 8 heteroatoms. The SMILES string of the molecule is CCCCCNC(=O)C(Cc1ccccc1)N(Cc1ccccc1)C(=O)CN(C)S(C)(=O)=O. The summed E-state index contributed by atoms with van der Waals surface area (Å²) < 4.78 is 24.8. The first kappa shape index (κ1) is 26.5. The van der Waals surface area contributed by atoms with Crippen molar-refractivity contribution in [1.29, 1.82) is 0 Å². The van der Waals surface area contributed by atoms with E-state index in [2.05, 4.69) is 12.2 Å². The van der Waals surface area contributed by atoms with Crippen LogP contribution in [0.5, 0.6) is 0 Å². The molecule has 180 valence electrons. The normalized spacial score (nSPS) is 12.4. The van der Waals surface area contributed by atoms with E-state index in [9.17, 15) is 18.0 Å². The van der Waals surface area contributed by atoms with Crippen LogP contribution < -0.4 is 5.32 Å². The largest absolute Gasteiger partial charge is 0.354 e. The van der Waals surface area contributed by atoms with Crippen LogP contribution >= 0.6 is 0 Å². The first-order chi connectivity index (χ1) is 15.7. The van der Waals surface area contributed by atoms with Crippen molar-refractivity contribution in [3.05, 3.63) is 71.8 Å². The molecule has 0 fully saturated rings. The fourth-order valence-corrected chi connectivity index (χ4v) is 3.78. The molecule has 1 unspecified atom stereocenters. The molecule has 0 aliphatic rings. The van der Waals surface area contributed by atoms with Crippen LogP contribution in [0.4, 0.5) is 0 Å². The van der Waals surface area contributed by atoms with Crippen molar-refractivity contribution in [2.75, 3.05) is 26.4 Å². The summed E-state index contributed by atoms with van der Waals surface area (Å²) >= 11 is 0. The maximum absolute atomic E-state index is 13.4. The predicted octanol–water partition coefficient (Wildman–Crippen LogP) is 2.82. The average molecular weight is 474 g/mol. The van der Waals surface area contributed by atoms with Crippen LogP contribution in [0.15, 0.2) is 60.7 Å². The van der Waals surface area contributed by atoms with Crippen molar-refractivity contribution in [2.45, 2.75) is 45.2 Å². The van der Waals surface area contributed by atoms with Crippen molar-refractivity contribution in [2.24, 2.45) is 0 Å². The molecule has 1 N–H and O–H groups in total. The Morgan fingerprint density at radius 1 is 0.939 bits per heavy atom. The molecule has 2 aromatic rings. The van der Waals surface area contributed by atoms with E-state index in [-0.39, 0.29) is 19.0 Å². The van der Waals surface area contributed by atoms with Gasteiger partial charge >= 0.3 is 0 Å². The summed E-state index contributed by atoms with van der Waals surface area (Å²) in [6.45, 7) is 2.50. The van der Waals surface area contributed by atoms with Gasteiger partial charge < -0.3 is 10.2 Å². The second-order valence-corrected chi connectivity index (χ2v) is 10.3. The number of benzene rings is 2. The lowest BCUT2D eigenvalue weighted by molar-refractivity contribution is -0.141. The number of likely N-dealkylation sites (N-methyl/N-ethyl adjacent to an activating group) is 1. The minimum absolute atomic E-state index is 0.206. The summed E-state index contributed by atoms with van der Waals surface area (Å²) in [7, 11) is -2.18. The zero-order chi connectivity index (χ0) is 24.3. The molecule has 2 aromatic carbocycles. The van der Waals surface area contributed by atoms with Gasteiger partial charge in [0, 0.05) is 26.6 Å². The van der Waals surface area contributed by atoms with Gasteiger partial charge in [-0.3, -0.25) is 9.59 Å². The van der Waals surface area contributed by atoms with E-state index in [0.717, 1.165) is 41.0 Å². The summed E-state index contributed by atoms with van der Waals surface area (Å²) in [5, 5.41) is 2.98. The summed E-state index contributed by atoms with van der Waals surface area (Å²) in [6, 6.07) is 18.2. The van der Waals surface area contributed by atoms with Gasteiger partial charge in [-0.05, 0) is 17.5 Å². The molecule has 0 saturated heterocycles. The Morgan fingerprint density at radius 2 is 1.52 bits per heavy atom. The van der Waals surface area contributed by atoms with E-state index in [0.29, 0.717) is 13.0 Å². The predicted molar refractivity (Wildman–Crippen MR) is 131 cm³/mol. The fourth-order valence-electron chi connectivity index (χ4n) is 3.44. The highest BCUT2D eigenvalue weighted by atomic mass is 32.2. The molecule has 0 aliphatic heterocycles. The van der Waals surface area contributed by atoms with Gasteiger partial charge in [0.25, 0.3) is 0 Å². The molecule has 0 radical (unpaired) electrons. The maximum Gasteiger partial charge on any atom is 0.243 e. The van der Waals surface area contributed by atoms with Crippen LogP contribution in [0.3, 0.4) is 0 Å². The lowest BCUT2D eigenvalue weighted by Gasteiger charge is -2.32. The second kappa shape index (κ2) is 13.1. The average Bonchev–Trinajstić information content (AvgIpc) is 2.79. The van der Waals surface area contributed by atoms with Crippen LogP contribution in [0.1, 0.15) is 37.3 Å². The highest BCUT2D eigenvalue weighted by molar-refractivity contribution is 7.88. The zero-order valence-electron chi connectivity index (χ0n) is 19.7. The van der Waals surface area contributed by atoms with Crippen LogP contribution in [0, 0.1) is 0 Å². The van der Waals surface area contributed by atoms with Crippen molar-refractivity contribution in [3.8, 4) is 0 Å². The molecule has 0 aromatic heterocycles. The molecule has 0 aliphatic carbocycles. The summed E-state index contributed by atoms with van der Waals surface area (Å²) in [4.78, 5) is 28.1. The number of carbonyl (C=O) groups excluding carboxylic acids is 2. The number of hydrogen-bond acceptors (Lipinski definition) is 4. The Kier molecular flexibility index (Phi) is 10.5. The van der Waals surface area contributed by atoms with Gasteiger partial charge in [-0.25, -0.2) is 8.42 Å². The zero-order valence-corrected chi connectivity index (χ0v) is 20.6. The lowest BCUT2D eigenvalue weighted by Crippen LogP contribution is -2.53. The van der Waals surface area contributed by atoms with Crippen LogP contribution in [0.25, 0.3) is 0 Å². The van der Waals surface area contributed by atoms with Gasteiger partial charge in [-0.15, -0.1) is 0 Å². The highest BCUT2D eigenvalue weighted by Crippen LogP contribution is 2.15.